The van der Waals surface area contributed by atoms with E-state index in [0.717, 1.165) is 39.9 Å². The minimum absolute atomic E-state index is 0.345. The second-order valence-electron chi connectivity index (χ2n) is 5.11. The third-order valence-electron chi connectivity index (χ3n) is 3.67. The molecule has 0 radical (unpaired) electrons. The van der Waals surface area contributed by atoms with E-state index in [0.29, 0.717) is 12.4 Å². The van der Waals surface area contributed by atoms with Gasteiger partial charge in [-0.3, -0.25) is 0 Å². The van der Waals surface area contributed by atoms with E-state index in [-0.39, 0.29) is 0 Å². The number of fused-ring (bicyclic) bond motifs is 2. The molecule has 1 aliphatic carbocycles. The van der Waals surface area contributed by atoms with Crippen LogP contribution in [-0.4, -0.2) is 24.5 Å². The van der Waals surface area contributed by atoms with Crippen LogP contribution in [0.5, 0.6) is 0 Å². The zero-order valence-electron chi connectivity index (χ0n) is 11.8. The molecule has 22 heavy (non-hydrogen) atoms. The van der Waals surface area contributed by atoms with Crippen LogP contribution in [0, 0.1) is 0 Å². The molecule has 4 rings (SSSR count). The Labute approximate surface area is 131 Å². The van der Waals surface area contributed by atoms with Crippen molar-refractivity contribution in [3.8, 4) is 0 Å². The Kier molecular flexibility index (Phi) is 3.27. The molecule has 0 fully saturated rings. The largest absolute Gasteiger partial charge is 0.340 e. The second kappa shape index (κ2) is 5.42. The maximum Gasteiger partial charge on any atom is 0.160 e. The molecule has 0 amide bonds. The van der Waals surface area contributed by atoms with Crippen molar-refractivity contribution in [2.75, 3.05) is 0 Å². The highest BCUT2D eigenvalue weighted by molar-refractivity contribution is 6.16. The molecule has 0 saturated carbocycles. The Bertz CT molecular complexity index is 980. The monoisotopic (exact) mass is 311 g/mol. The number of nitrogens with zero attached hydrogens (tertiary/aromatic N) is 4. The summed E-state index contributed by atoms with van der Waals surface area (Å²) < 4.78 is 2.01. The van der Waals surface area contributed by atoms with E-state index in [1.165, 1.54) is 0 Å². The van der Waals surface area contributed by atoms with Gasteiger partial charge in [0.2, 0.25) is 0 Å². The maximum atomic E-state index is 6.03. The zero-order valence-corrected chi connectivity index (χ0v) is 12.6. The van der Waals surface area contributed by atoms with Gasteiger partial charge in [0.05, 0.1) is 23.1 Å². The van der Waals surface area contributed by atoms with Crippen molar-refractivity contribution in [1.29, 1.82) is 0 Å². The maximum absolute atomic E-state index is 6.03. The summed E-state index contributed by atoms with van der Waals surface area (Å²) in [6, 6.07) is 3.82. The van der Waals surface area contributed by atoms with E-state index in [1.807, 2.05) is 28.9 Å². The van der Waals surface area contributed by atoms with Crippen LogP contribution in [0.25, 0.3) is 23.3 Å². The van der Waals surface area contributed by atoms with Gasteiger partial charge in [0.15, 0.2) is 5.65 Å². The summed E-state index contributed by atoms with van der Waals surface area (Å²) in [4.78, 5) is 17.0. The van der Waals surface area contributed by atoms with Crippen LogP contribution >= 0.6 is 11.6 Å². The number of aromatic amines is 1. The van der Waals surface area contributed by atoms with Crippen LogP contribution in [0.3, 0.4) is 0 Å². The third-order valence-corrected chi connectivity index (χ3v) is 3.91. The molecule has 6 heteroatoms. The van der Waals surface area contributed by atoms with Gasteiger partial charge in [0, 0.05) is 6.20 Å². The van der Waals surface area contributed by atoms with E-state index < -0.39 is 0 Å². The average molecular weight is 312 g/mol. The quantitative estimate of drug-likeness (QED) is 0.745. The average Bonchev–Trinajstić information content (AvgIpc) is 3.02. The van der Waals surface area contributed by atoms with Crippen LogP contribution in [0.1, 0.15) is 18.1 Å². The predicted octanol–water partition coefficient (Wildman–Crippen LogP) is 1.46. The number of rotatable bonds is 3. The molecule has 3 aromatic heterocycles. The highest BCUT2D eigenvalue weighted by atomic mass is 35.5. The number of halogens is 1. The number of H-pyrrole nitrogens is 1. The topological polar surface area (TPSA) is 59.4 Å². The summed E-state index contributed by atoms with van der Waals surface area (Å²) in [7, 11) is 0. The Morgan fingerprint density at radius 1 is 1.32 bits per heavy atom. The molecule has 0 unspecified atom stereocenters. The molecular formula is C16H14ClN5. The first-order chi connectivity index (χ1) is 10.8. The van der Waals surface area contributed by atoms with Crippen molar-refractivity contribution in [1.82, 2.24) is 24.5 Å². The predicted molar refractivity (Wildman–Crippen MR) is 86.7 cm³/mol. The lowest BCUT2D eigenvalue weighted by Gasteiger charge is -2.04. The molecule has 5 nitrogen and oxygen atoms in total. The van der Waals surface area contributed by atoms with E-state index in [9.17, 15) is 0 Å². The summed E-state index contributed by atoms with van der Waals surface area (Å²) >= 11 is 6.03. The van der Waals surface area contributed by atoms with Gasteiger partial charge in [-0.05, 0) is 24.6 Å². The molecule has 1 N–H and O–H groups in total. The number of hydrogen-bond donors (Lipinski definition) is 1. The summed E-state index contributed by atoms with van der Waals surface area (Å²) in [5, 5.41) is 2.03. The van der Waals surface area contributed by atoms with E-state index in [2.05, 4.69) is 32.1 Å². The van der Waals surface area contributed by atoms with E-state index >= 15 is 0 Å². The van der Waals surface area contributed by atoms with Crippen molar-refractivity contribution in [2.45, 2.75) is 18.8 Å². The van der Waals surface area contributed by atoms with Gasteiger partial charge in [-0.2, -0.15) is 0 Å². The lowest BCUT2D eigenvalue weighted by atomic mass is 10.4. The molecule has 0 bridgehead atoms. The van der Waals surface area contributed by atoms with Crippen molar-refractivity contribution in [3.05, 3.63) is 52.8 Å². The fraction of sp³-hybridized carbons (Fsp3) is 0.188. The number of allylic oxidation sites excluding steroid dienone is 2. The molecule has 1 aliphatic rings. The van der Waals surface area contributed by atoms with Crippen LogP contribution in [0.2, 0.25) is 0 Å². The van der Waals surface area contributed by atoms with E-state index in [1.54, 1.807) is 6.20 Å². The van der Waals surface area contributed by atoms with Gasteiger partial charge >= 0.3 is 0 Å². The lowest BCUT2D eigenvalue weighted by molar-refractivity contribution is 0.734. The number of aromatic nitrogens is 5. The van der Waals surface area contributed by atoms with Crippen molar-refractivity contribution >= 4 is 34.9 Å². The van der Waals surface area contributed by atoms with Gasteiger partial charge in [0.25, 0.3) is 0 Å². The van der Waals surface area contributed by atoms with Crippen LogP contribution in [0.15, 0.2) is 30.5 Å². The van der Waals surface area contributed by atoms with Crippen molar-refractivity contribution in [2.24, 2.45) is 0 Å². The zero-order chi connectivity index (χ0) is 14.9. The number of hydrogen-bond acceptors (Lipinski definition) is 3. The first kappa shape index (κ1) is 13.3. The summed E-state index contributed by atoms with van der Waals surface area (Å²) in [6.45, 7) is 0.577. The van der Waals surface area contributed by atoms with Crippen LogP contribution in [-0.2, 0) is 12.4 Å². The fourth-order valence-electron chi connectivity index (χ4n) is 2.66. The number of pyridine rings is 1. The third kappa shape index (κ3) is 2.23. The van der Waals surface area contributed by atoms with Crippen LogP contribution < -0.4 is 10.7 Å². The van der Waals surface area contributed by atoms with Crippen molar-refractivity contribution in [3.63, 3.8) is 0 Å². The Morgan fingerprint density at radius 3 is 3.18 bits per heavy atom. The highest BCUT2D eigenvalue weighted by Crippen LogP contribution is 2.15. The highest BCUT2D eigenvalue weighted by Gasteiger charge is 2.12. The van der Waals surface area contributed by atoms with Gasteiger partial charge in [0.1, 0.15) is 17.2 Å². The van der Waals surface area contributed by atoms with E-state index in [4.69, 9.17) is 11.6 Å². The molecule has 0 aliphatic heterocycles. The Balaban J connectivity index is 1.81. The molecule has 0 spiro atoms. The lowest BCUT2D eigenvalue weighted by Crippen LogP contribution is -2.23. The number of nitrogens with one attached hydrogen (secondary N) is 1. The summed E-state index contributed by atoms with van der Waals surface area (Å²) in [6.07, 6.45) is 11.0. The SMILES string of the molecule is ClCc1nc2cccnc2n1Cc1nc2c([nH]1)=CC=CCC=2. The molecule has 0 aromatic carbocycles. The molecular weight excluding hydrogens is 298 g/mol. The Morgan fingerprint density at radius 2 is 2.27 bits per heavy atom. The van der Waals surface area contributed by atoms with Gasteiger partial charge in [-0.15, -0.1) is 11.6 Å². The van der Waals surface area contributed by atoms with Crippen LogP contribution in [0.4, 0.5) is 0 Å². The van der Waals surface area contributed by atoms with Crippen molar-refractivity contribution < 1.29 is 0 Å². The minimum Gasteiger partial charge on any atom is -0.340 e. The Hall–Kier alpha value is -2.40. The first-order valence-corrected chi connectivity index (χ1v) is 7.66. The normalized spacial score (nSPS) is 13.5. The van der Waals surface area contributed by atoms with Gasteiger partial charge in [-0.1, -0.05) is 18.2 Å². The standard InChI is InChI=1S/C16H14ClN5/c17-9-15-21-13-7-4-8-18-16(13)22(15)10-14-19-11-5-2-1-3-6-12(11)20-14/h1-2,4-8H,3,9-10H2,(H,19,20). The molecule has 3 heterocycles. The van der Waals surface area contributed by atoms with Gasteiger partial charge in [-0.25, -0.2) is 15.0 Å². The molecule has 3 aromatic rings. The summed E-state index contributed by atoms with van der Waals surface area (Å²) in [5.74, 6) is 2.02. The molecule has 0 atom stereocenters. The number of alkyl halides is 1. The minimum atomic E-state index is 0.345. The summed E-state index contributed by atoms with van der Waals surface area (Å²) in [5.41, 5.74) is 1.69. The molecule has 0 saturated heterocycles. The number of imidazole rings is 2. The van der Waals surface area contributed by atoms with Gasteiger partial charge < -0.3 is 9.55 Å². The smallest absolute Gasteiger partial charge is 0.160 e. The fourth-order valence-corrected chi connectivity index (χ4v) is 2.86. The first-order valence-electron chi connectivity index (χ1n) is 7.13. The molecule has 110 valence electrons. The second-order valence-corrected chi connectivity index (χ2v) is 5.38.